The molecule has 0 saturated carbocycles. The van der Waals surface area contributed by atoms with Gasteiger partial charge in [-0.2, -0.15) is 5.26 Å². The van der Waals surface area contributed by atoms with Gasteiger partial charge in [0.15, 0.2) is 17.5 Å². The molecule has 10 aromatic rings. The molecule has 5 heteroatoms. The van der Waals surface area contributed by atoms with Crippen LogP contribution in [0, 0.1) is 11.3 Å². The van der Waals surface area contributed by atoms with Crippen molar-refractivity contribution in [2.24, 2.45) is 0 Å². The van der Waals surface area contributed by atoms with Crippen LogP contribution in [0.2, 0.25) is 0 Å². The van der Waals surface area contributed by atoms with Crippen molar-refractivity contribution in [1.29, 1.82) is 5.26 Å². The van der Waals surface area contributed by atoms with Gasteiger partial charge in [-0.25, -0.2) is 15.0 Å². The van der Waals surface area contributed by atoms with Gasteiger partial charge in [0.1, 0.15) is 0 Å². The molecular weight excluding hydrogens is 743 g/mol. The Kier molecular flexibility index (Phi) is 7.63. The molecule has 0 amide bonds. The molecule has 1 unspecified atom stereocenters. The molecule has 1 atom stereocenters. The van der Waals surface area contributed by atoms with E-state index in [0.29, 0.717) is 23.0 Å². The molecule has 0 saturated heterocycles. The summed E-state index contributed by atoms with van der Waals surface area (Å²) >= 11 is 0. The van der Waals surface area contributed by atoms with Crippen molar-refractivity contribution in [3.05, 3.63) is 215 Å². The number of benzene rings is 8. The Labute approximate surface area is 353 Å². The third kappa shape index (κ3) is 5.22. The summed E-state index contributed by atoms with van der Waals surface area (Å²) in [5.74, 6) is 1.51. The molecule has 2 heterocycles. The van der Waals surface area contributed by atoms with Crippen LogP contribution >= 0.6 is 0 Å². The standard InChI is InChI=1S/C56H37N5/c1-56(2)46-23-13-11-20-41(46)42-28-26-38(32-47(42)56)61-48-24-14-12-22-45(48)51-49(61)30-29-44-40-19-9-10-21-43(40)50(52(44)51)39-27-25-36(31-37(39)33-57)55-59-53(34-15-5-3-6-16-34)58-54(60-55)35-17-7-4-8-18-35/h3-32,50H,1-2H3. The highest BCUT2D eigenvalue weighted by molar-refractivity contribution is 6.14. The third-order valence-electron chi connectivity index (χ3n) is 13.0. The normalized spacial score (nSPS) is 14.3. The first-order valence-electron chi connectivity index (χ1n) is 20.8. The van der Waals surface area contributed by atoms with Crippen molar-refractivity contribution in [2.75, 3.05) is 0 Å². The summed E-state index contributed by atoms with van der Waals surface area (Å²) in [5, 5.41) is 13.4. The van der Waals surface area contributed by atoms with E-state index in [1.807, 2.05) is 66.7 Å². The van der Waals surface area contributed by atoms with Crippen LogP contribution in [-0.2, 0) is 5.41 Å². The molecule has 2 aliphatic rings. The smallest absolute Gasteiger partial charge is 0.164 e. The lowest BCUT2D eigenvalue weighted by molar-refractivity contribution is 0.660. The predicted octanol–water partition coefficient (Wildman–Crippen LogP) is 13.3. The summed E-state index contributed by atoms with van der Waals surface area (Å²) in [5.41, 5.74) is 17.6. The Morgan fingerprint density at radius 1 is 0.492 bits per heavy atom. The van der Waals surface area contributed by atoms with Gasteiger partial charge in [0.25, 0.3) is 0 Å². The second-order valence-corrected chi connectivity index (χ2v) is 16.6. The summed E-state index contributed by atoms with van der Waals surface area (Å²) in [6.07, 6.45) is 0. The van der Waals surface area contributed by atoms with Crippen molar-refractivity contribution >= 4 is 21.8 Å². The van der Waals surface area contributed by atoms with Crippen LogP contribution < -0.4 is 0 Å². The van der Waals surface area contributed by atoms with Gasteiger partial charge in [-0.05, 0) is 80.4 Å². The number of para-hydroxylation sites is 1. The number of hydrogen-bond donors (Lipinski definition) is 0. The zero-order chi connectivity index (χ0) is 40.8. The molecule has 286 valence electrons. The lowest BCUT2D eigenvalue weighted by Crippen LogP contribution is -2.15. The van der Waals surface area contributed by atoms with E-state index in [-0.39, 0.29) is 11.3 Å². The average molecular weight is 780 g/mol. The van der Waals surface area contributed by atoms with Crippen molar-refractivity contribution in [2.45, 2.75) is 25.2 Å². The largest absolute Gasteiger partial charge is 0.309 e. The third-order valence-corrected chi connectivity index (χ3v) is 13.0. The number of fused-ring (bicyclic) bond motifs is 10. The first-order chi connectivity index (χ1) is 30.0. The zero-order valence-corrected chi connectivity index (χ0v) is 33.6. The van der Waals surface area contributed by atoms with E-state index in [1.165, 1.54) is 55.3 Å². The Morgan fingerprint density at radius 3 is 1.84 bits per heavy atom. The van der Waals surface area contributed by atoms with Crippen LogP contribution in [0.3, 0.4) is 0 Å². The van der Waals surface area contributed by atoms with Crippen molar-refractivity contribution in [3.8, 4) is 68.2 Å². The SMILES string of the molecule is CC1(C)c2ccccc2-c2ccc(-n3c4ccccc4c4c5c(ccc43)-c3ccccc3C5c3ccc(-c4nc(-c5ccccc5)nc(-c5ccccc5)n4)cc3C#N)cc21. The summed E-state index contributed by atoms with van der Waals surface area (Å²) in [4.78, 5) is 14.9. The van der Waals surface area contributed by atoms with Gasteiger partial charge < -0.3 is 4.57 Å². The molecule has 2 aromatic heterocycles. The Morgan fingerprint density at radius 2 is 1.10 bits per heavy atom. The van der Waals surface area contributed by atoms with Crippen molar-refractivity contribution < 1.29 is 0 Å². The lowest BCUT2D eigenvalue weighted by Gasteiger charge is -2.22. The minimum atomic E-state index is -0.176. The number of aromatic nitrogens is 4. The van der Waals surface area contributed by atoms with Gasteiger partial charge in [0.2, 0.25) is 0 Å². The first kappa shape index (κ1) is 35.0. The molecule has 0 spiro atoms. The van der Waals surface area contributed by atoms with Crippen LogP contribution in [0.25, 0.3) is 83.9 Å². The minimum Gasteiger partial charge on any atom is -0.309 e. The van der Waals surface area contributed by atoms with E-state index < -0.39 is 0 Å². The molecule has 0 radical (unpaired) electrons. The number of nitriles is 1. The minimum absolute atomic E-state index is 0.123. The fraction of sp³-hybridized carbons (Fsp3) is 0.0714. The van der Waals surface area contributed by atoms with Crippen molar-refractivity contribution in [3.63, 3.8) is 0 Å². The van der Waals surface area contributed by atoms with E-state index in [2.05, 4.69) is 140 Å². The van der Waals surface area contributed by atoms with Gasteiger partial charge in [-0.15, -0.1) is 0 Å². The van der Waals surface area contributed by atoms with E-state index in [1.54, 1.807) is 0 Å². The first-order valence-corrected chi connectivity index (χ1v) is 20.8. The fourth-order valence-electron chi connectivity index (χ4n) is 10.2. The van der Waals surface area contributed by atoms with E-state index in [9.17, 15) is 5.26 Å². The molecule has 12 rings (SSSR count). The highest BCUT2D eigenvalue weighted by Gasteiger charge is 2.37. The molecule has 8 aromatic carbocycles. The quantitative estimate of drug-likeness (QED) is 0.174. The molecule has 2 aliphatic carbocycles. The van der Waals surface area contributed by atoms with Crippen LogP contribution in [0.4, 0.5) is 0 Å². The molecule has 5 nitrogen and oxygen atoms in total. The molecule has 0 fully saturated rings. The molecule has 0 aliphatic heterocycles. The molecule has 0 N–H and O–H groups in total. The van der Waals surface area contributed by atoms with Crippen LogP contribution in [0.5, 0.6) is 0 Å². The van der Waals surface area contributed by atoms with Gasteiger partial charge in [0.05, 0.1) is 22.7 Å². The van der Waals surface area contributed by atoms with Crippen LogP contribution in [0.15, 0.2) is 182 Å². The topological polar surface area (TPSA) is 67.4 Å². The maximum atomic E-state index is 11.0. The monoisotopic (exact) mass is 779 g/mol. The molecule has 0 bridgehead atoms. The number of hydrogen-bond acceptors (Lipinski definition) is 4. The maximum Gasteiger partial charge on any atom is 0.164 e. The Balaban J connectivity index is 1.05. The van der Waals surface area contributed by atoms with Crippen LogP contribution in [-0.4, -0.2) is 19.5 Å². The van der Waals surface area contributed by atoms with Crippen molar-refractivity contribution in [1.82, 2.24) is 19.5 Å². The van der Waals surface area contributed by atoms with E-state index in [4.69, 9.17) is 15.0 Å². The predicted molar refractivity (Wildman–Crippen MR) is 246 cm³/mol. The summed E-state index contributed by atoms with van der Waals surface area (Å²) < 4.78 is 2.44. The number of nitrogens with zero attached hydrogens (tertiary/aromatic N) is 5. The van der Waals surface area contributed by atoms with E-state index in [0.717, 1.165) is 39.0 Å². The Bertz CT molecular complexity index is 3410. The highest BCUT2D eigenvalue weighted by Crippen LogP contribution is 2.54. The summed E-state index contributed by atoms with van der Waals surface area (Å²) in [6.45, 7) is 4.68. The average Bonchev–Trinajstić information content (AvgIpc) is 3.92. The summed E-state index contributed by atoms with van der Waals surface area (Å²) in [7, 11) is 0. The second kappa shape index (κ2) is 13.3. The van der Waals surface area contributed by atoms with Gasteiger partial charge in [0, 0.05) is 44.5 Å². The van der Waals surface area contributed by atoms with Gasteiger partial charge in [-0.3, -0.25) is 0 Å². The fourth-order valence-corrected chi connectivity index (χ4v) is 10.2. The van der Waals surface area contributed by atoms with Crippen LogP contribution in [0.1, 0.15) is 53.1 Å². The maximum absolute atomic E-state index is 11.0. The van der Waals surface area contributed by atoms with Gasteiger partial charge in [-0.1, -0.05) is 166 Å². The second-order valence-electron chi connectivity index (χ2n) is 16.6. The van der Waals surface area contributed by atoms with Gasteiger partial charge >= 0.3 is 0 Å². The zero-order valence-electron chi connectivity index (χ0n) is 33.6. The number of rotatable bonds is 5. The molecular formula is C56H37N5. The lowest BCUT2D eigenvalue weighted by atomic mass is 9.82. The van der Waals surface area contributed by atoms with E-state index >= 15 is 0 Å². The summed E-state index contributed by atoms with van der Waals surface area (Å²) in [6, 6.07) is 66.6. The Hall–Kier alpha value is -7.94. The molecule has 61 heavy (non-hydrogen) atoms. The highest BCUT2D eigenvalue weighted by atomic mass is 15.0.